The highest BCUT2D eigenvalue weighted by atomic mass is 16.5. The van der Waals surface area contributed by atoms with Crippen molar-refractivity contribution in [1.29, 1.82) is 0 Å². The first kappa shape index (κ1) is 11.7. The topological polar surface area (TPSA) is 46.6 Å². The second-order valence-corrected chi connectivity index (χ2v) is 5.71. The molecule has 1 aliphatic heterocycles. The van der Waals surface area contributed by atoms with E-state index in [-0.39, 0.29) is 35.5 Å². The van der Waals surface area contributed by atoms with Crippen LogP contribution in [0.15, 0.2) is 36.4 Å². The van der Waals surface area contributed by atoms with Crippen molar-refractivity contribution in [2.75, 3.05) is 12.0 Å². The Morgan fingerprint density at radius 2 is 1.55 bits per heavy atom. The minimum Gasteiger partial charge on any atom is -0.497 e. The average molecular weight is 269 g/mol. The molecule has 1 aromatic rings. The Balaban J connectivity index is 1.70. The molecule has 2 fully saturated rings. The fourth-order valence-electron chi connectivity index (χ4n) is 3.89. The smallest absolute Gasteiger partial charge is 0.238 e. The van der Waals surface area contributed by atoms with E-state index in [9.17, 15) is 9.59 Å². The number of nitrogens with zero attached hydrogens (tertiary/aromatic N) is 1. The Morgan fingerprint density at radius 1 is 1.00 bits per heavy atom. The van der Waals surface area contributed by atoms with E-state index in [2.05, 4.69) is 12.2 Å². The highest BCUT2D eigenvalue weighted by Gasteiger charge is 2.59. The maximum Gasteiger partial charge on any atom is 0.238 e. The van der Waals surface area contributed by atoms with Gasteiger partial charge in [-0.1, -0.05) is 12.2 Å². The molecule has 4 nitrogen and oxygen atoms in total. The van der Waals surface area contributed by atoms with Crippen LogP contribution in [0.4, 0.5) is 5.69 Å². The number of ether oxygens (including phenoxy) is 1. The lowest BCUT2D eigenvalue weighted by Crippen LogP contribution is -2.32. The molecule has 0 radical (unpaired) electrons. The van der Waals surface area contributed by atoms with Crippen LogP contribution in [0, 0.1) is 23.7 Å². The van der Waals surface area contributed by atoms with E-state index in [4.69, 9.17) is 4.74 Å². The number of fused-ring (bicyclic) bond motifs is 5. The Bertz CT molecular complexity index is 589. The third-order valence-corrected chi connectivity index (χ3v) is 4.80. The van der Waals surface area contributed by atoms with Gasteiger partial charge >= 0.3 is 0 Å². The molecule has 4 rings (SSSR count). The minimum absolute atomic E-state index is 0.0398. The van der Waals surface area contributed by atoms with E-state index in [0.717, 1.165) is 12.2 Å². The van der Waals surface area contributed by atoms with Crippen LogP contribution in [0.1, 0.15) is 6.42 Å². The standard InChI is InChI=1S/C16H15NO3/c1-20-12-6-4-11(5-7-12)17-15(18)13-9-2-3-10(8-9)14(13)16(17)19/h2-7,9-10,13-14H,8H2,1H3/t9-,10+,13?,14?. The maximum absolute atomic E-state index is 12.6. The van der Waals surface area contributed by atoms with Gasteiger partial charge in [0.2, 0.25) is 11.8 Å². The van der Waals surface area contributed by atoms with Crippen molar-refractivity contribution in [1.82, 2.24) is 0 Å². The van der Waals surface area contributed by atoms with Gasteiger partial charge in [-0.25, -0.2) is 0 Å². The van der Waals surface area contributed by atoms with Crippen molar-refractivity contribution in [3.05, 3.63) is 36.4 Å². The maximum atomic E-state index is 12.6. The molecule has 102 valence electrons. The van der Waals surface area contributed by atoms with Crippen LogP contribution in [0.2, 0.25) is 0 Å². The lowest BCUT2D eigenvalue weighted by atomic mass is 9.85. The lowest BCUT2D eigenvalue weighted by Gasteiger charge is -2.17. The van der Waals surface area contributed by atoms with Gasteiger partial charge in [0.1, 0.15) is 5.75 Å². The van der Waals surface area contributed by atoms with E-state index >= 15 is 0 Å². The molecule has 3 aliphatic rings. The van der Waals surface area contributed by atoms with Crippen molar-refractivity contribution in [2.45, 2.75) is 6.42 Å². The molecule has 1 heterocycles. The van der Waals surface area contributed by atoms with Crippen LogP contribution < -0.4 is 9.64 Å². The zero-order valence-corrected chi connectivity index (χ0v) is 11.2. The molecule has 2 amide bonds. The second kappa shape index (κ2) is 3.95. The molecule has 1 aromatic carbocycles. The molecule has 1 saturated heterocycles. The summed E-state index contributed by atoms with van der Waals surface area (Å²) in [6.07, 6.45) is 5.17. The van der Waals surface area contributed by atoms with Gasteiger partial charge < -0.3 is 4.74 Å². The fraction of sp³-hybridized carbons (Fsp3) is 0.375. The van der Waals surface area contributed by atoms with Crippen LogP contribution in [-0.2, 0) is 9.59 Å². The Kier molecular flexibility index (Phi) is 2.31. The molecular formula is C16H15NO3. The molecule has 2 unspecified atom stereocenters. The number of hydrogen-bond acceptors (Lipinski definition) is 3. The van der Waals surface area contributed by atoms with E-state index in [1.165, 1.54) is 4.90 Å². The quantitative estimate of drug-likeness (QED) is 0.609. The monoisotopic (exact) mass is 269 g/mol. The van der Waals surface area contributed by atoms with Crippen LogP contribution in [0.5, 0.6) is 5.75 Å². The van der Waals surface area contributed by atoms with Crippen molar-refractivity contribution >= 4 is 17.5 Å². The van der Waals surface area contributed by atoms with E-state index < -0.39 is 0 Å². The van der Waals surface area contributed by atoms with E-state index in [0.29, 0.717) is 5.69 Å². The van der Waals surface area contributed by atoms with Gasteiger partial charge in [0.25, 0.3) is 0 Å². The van der Waals surface area contributed by atoms with Gasteiger partial charge in [-0.05, 0) is 42.5 Å². The number of methoxy groups -OCH3 is 1. The average Bonchev–Trinajstić information content (AvgIpc) is 3.14. The summed E-state index contributed by atoms with van der Waals surface area (Å²) in [6.45, 7) is 0. The summed E-state index contributed by atoms with van der Waals surface area (Å²) in [6, 6.07) is 7.09. The first-order valence-electron chi connectivity index (χ1n) is 6.91. The number of imide groups is 1. The number of hydrogen-bond donors (Lipinski definition) is 0. The first-order chi connectivity index (χ1) is 9.70. The SMILES string of the molecule is COc1ccc(N2C(=O)C3C(C2=O)[C@H]2C=C[C@@H]3C2)cc1. The summed E-state index contributed by atoms with van der Waals surface area (Å²) in [5, 5.41) is 0. The van der Waals surface area contributed by atoms with Gasteiger partial charge in [0.15, 0.2) is 0 Å². The number of allylic oxidation sites excluding steroid dienone is 2. The van der Waals surface area contributed by atoms with Crippen molar-refractivity contribution in [3.8, 4) is 5.75 Å². The summed E-state index contributed by atoms with van der Waals surface area (Å²) in [5.41, 5.74) is 0.648. The predicted octanol–water partition coefficient (Wildman–Crippen LogP) is 2.01. The highest BCUT2D eigenvalue weighted by molar-refractivity contribution is 6.22. The highest BCUT2D eigenvalue weighted by Crippen LogP contribution is 2.53. The van der Waals surface area contributed by atoms with Gasteiger partial charge in [0, 0.05) is 0 Å². The minimum atomic E-state index is -0.139. The molecule has 0 aromatic heterocycles. The molecule has 2 aliphatic carbocycles. The lowest BCUT2D eigenvalue weighted by molar-refractivity contribution is -0.123. The van der Waals surface area contributed by atoms with Gasteiger partial charge in [-0.2, -0.15) is 0 Å². The van der Waals surface area contributed by atoms with E-state index in [1.807, 2.05) is 0 Å². The van der Waals surface area contributed by atoms with Crippen molar-refractivity contribution in [3.63, 3.8) is 0 Å². The first-order valence-corrected chi connectivity index (χ1v) is 6.91. The predicted molar refractivity (Wildman–Crippen MR) is 73.2 cm³/mol. The number of benzene rings is 1. The van der Waals surface area contributed by atoms with Gasteiger partial charge in [0.05, 0.1) is 24.6 Å². The van der Waals surface area contributed by atoms with Crippen LogP contribution in [0.3, 0.4) is 0 Å². The van der Waals surface area contributed by atoms with Crippen molar-refractivity contribution < 1.29 is 14.3 Å². The molecule has 0 spiro atoms. The third kappa shape index (κ3) is 1.36. The summed E-state index contributed by atoms with van der Waals surface area (Å²) in [7, 11) is 1.59. The summed E-state index contributed by atoms with van der Waals surface area (Å²) < 4.78 is 5.11. The largest absolute Gasteiger partial charge is 0.497 e. The van der Waals surface area contributed by atoms with Crippen molar-refractivity contribution in [2.24, 2.45) is 23.7 Å². The molecule has 20 heavy (non-hydrogen) atoms. The van der Waals surface area contributed by atoms with Crippen LogP contribution >= 0.6 is 0 Å². The zero-order valence-electron chi connectivity index (χ0n) is 11.2. The summed E-state index contributed by atoms with van der Waals surface area (Å²) in [5.74, 6) is 0.868. The fourth-order valence-corrected chi connectivity index (χ4v) is 3.89. The number of rotatable bonds is 2. The molecule has 4 heteroatoms. The van der Waals surface area contributed by atoms with Gasteiger partial charge in [-0.15, -0.1) is 0 Å². The number of carbonyl (C=O) groups is 2. The van der Waals surface area contributed by atoms with Crippen LogP contribution in [0.25, 0.3) is 0 Å². The Hall–Kier alpha value is -2.10. The number of anilines is 1. The number of carbonyl (C=O) groups excluding carboxylic acids is 2. The molecule has 1 saturated carbocycles. The molecular weight excluding hydrogens is 254 g/mol. The Labute approximate surface area is 117 Å². The Morgan fingerprint density at radius 3 is 2.05 bits per heavy atom. The summed E-state index contributed by atoms with van der Waals surface area (Å²) in [4.78, 5) is 26.5. The third-order valence-electron chi connectivity index (χ3n) is 4.80. The normalized spacial score (nSPS) is 34.0. The molecule has 2 bridgehead atoms. The van der Waals surface area contributed by atoms with Crippen LogP contribution in [-0.4, -0.2) is 18.9 Å². The van der Waals surface area contributed by atoms with E-state index in [1.54, 1.807) is 31.4 Å². The second-order valence-electron chi connectivity index (χ2n) is 5.71. The summed E-state index contributed by atoms with van der Waals surface area (Å²) >= 11 is 0. The van der Waals surface area contributed by atoms with Gasteiger partial charge in [-0.3, -0.25) is 14.5 Å². The molecule has 0 N–H and O–H groups in total. The number of amides is 2. The zero-order chi connectivity index (χ0) is 13.9. The molecule has 4 atom stereocenters.